The third-order valence-electron chi connectivity index (χ3n) is 4.20. The molecule has 0 fully saturated rings. The number of nitrogens with zero attached hydrogens (tertiary/aromatic N) is 1. The third kappa shape index (κ3) is 5.62. The monoisotopic (exact) mass is 412 g/mol. The first kappa shape index (κ1) is 20.5. The molecule has 0 amide bonds. The molecule has 6 nitrogen and oxygen atoms in total. The van der Waals surface area contributed by atoms with Gasteiger partial charge in [0, 0.05) is 35.0 Å². The van der Waals surface area contributed by atoms with Gasteiger partial charge in [0.2, 0.25) is 0 Å². The smallest absolute Gasteiger partial charge is 0.271 e. The summed E-state index contributed by atoms with van der Waals surface area (Å²) in [6.45, 7) is 3.24. The molecule has 3 aromatic rings. The normalized spacial score (nSPS) is 10.4. The topological polar surface area (TPSA) is 73.6 Å². The summed E-state index contributed by atoms with van der Waals surface area (Å²) in [6.07, 6.45) is 0. The van der Waals surface area contributed by atoms with Crippen molar-refractivity contribution in [3.63, 3.8) is 0 Å². The first-order valence-corrected chi connectivity index (χ1v) is 9.55. The number of hydrogen-bond acceptors (Lipinski definition) is 5. The van der Waals surface area contributed by atoms with E-state index in [2.05, 4.69) is 5.32 Å². The second-order valence-corrected chi connectivity index (χ2v) is 6.66. The van der Waals surface area contributed by atoms with Crippen LogP contribution >= 0.6 is 11.6 Å². The van der Waals surface area contributed by atoms with Gasteiger partial charge in [-0.2, -0.15) is 0 Å². The Morgan fingerprint density at radius 1 is 1.00 bits per heavy atom. The summed E-state index contributed by atoms with van der Waals surface area (Å²) in [5, 5.41) is 14.8. The number of nitrogens with one attached hydrogen (secondary N) is 1. The van der Waals surface area contributed by atoms with E-state index < -0.39 is 4.92 Å². The van der Waals surface area contributed by atoms with Crippen LogP contribution in [0, 0.1) is 10.1 Å². The van der Waals surface area contributed by atoms with E-state index in [0.717, 1.165) is 11.1 Å². The highest BCUT2D eigenvalue weighted by atomic mass is 35.5. The van der Waals surface area contributed by atoms with Crippen LogP contribution in [-0.4, -0.2) is 11.5 Å². The number of anilines is 1. The summed E-state index contributed by atoms with van der Waals surface area (Å²) < 4.78 is 11.6. The maximum atomic E-state index is 10.9. The van der Waals surface area contributed by atoms with Crippen LogP contribution in [-0.2, 0) is 13.2 Å². The highest BCUT2D eigenvalue weighted by Gasteiger charge is 2.09. The van der Waals surface area contributed by atoms with E-state index >= 15 is 0 Å². The molecular formula is C22H21ClN2O4. The van der Waals surface area contributed by atoms with Gasteiger partial charge in [-0.15, -0.1) is 0 Å². The van der Waals surface area contributed by atoms with Crippen molar-refractivity contribution in [2.24, 2.45) is 0 Å². The number of rotatable bonds is 9. The minimum Gasteiger partial charge on any atom is -0.490 e. The molecule has 0 aromatic heterocycles. The Morgan fingerprint density at radius 2 is 1.83 bits per heavy atom. The highest BCUT2D eigenvalue weighted by molar-refractivity contribution is 6.31. The zero-order chi connectivity index (χ0) is 20.6. The molecule has 0 heterocycles. The standard InChI is InChI=1S/C22H21ClN2O4/c1-2-28-22-12-16(14-24-18-7-5-8-19(13-18)25(26)27)10-11-21(22)29-15-17-6-3-4-9-20(17)23/h3-13,24H,2,14-15H2,1H3. The average Bonchev–Trinajstić information content (AvgIpc) is 2.73. The molecular weight excluding hydrogens is 392 g/mol. The Labute approximate surface area is 174 Å². The number of halogens is 1. The van der Waals surface area contributed by atoms with Crippen LogP contribution in [0.25, 0.3) is 0 Å². The number of hydrogen-bond donors (Lipinski definition) is 1. The summed E-state index contributed by atoms with van der Waals surface area (Å²) in [5.41, 5.74) is 2.59. The number of benzene rings is 3. The number of ether oxygens (including phenoxy) is 2. The summed E-state index contributed by atoms with van der Waals surface area (Å²) in [7, 11) is 0. The van der Waals surface area contributed by atoms with Crippen molar-refractivity contribution in [3.8, 4) is 11.5 Å². The summed E-state index contributed by atoms with van der Waals surface area (Å²) >= 11 is 6.19. The van der Waals surface area contributed by atoms with Crippen molar-refractivity contribution in [1.29, 1.82) is 0 Å². The SMILES string of the molecule is CCOc1cc(CNc2cccc([N+](=O)[O-])c2)ccc1OCc1ccccc1Cl. The zero-order valence-electron chi connectivity index (χ0n) is 15.9. The molecule has 3 aromatic carbocycles. The Hall–Kier alpha value is -3.25. The lowest BCUT2D eigenvalue weighted by Gasteiger charge is -2.14. The van der Waals surface area contributed by atoms with Gasteiger partial charge in [-0.05, 0) is 36.8 Å². The van der Waals surface area contributed by atoms with Gasteiger partial charge in [0.1, 0.15) is 6.61 Å². The quantitative estimate of drug-likeness (QED) is 0.353. The Morgan fingerprint density at radius 3 is 2.59 bits per heavy atom. The van der Waals surface area contributed by atoms with Gasteiger partial charge in [-0.25, -0.2) is 0 Å². The Kier molecular flexibility index (Phi) is 6.92. The predicted molar refractivity (Wildman–Crippen MR) is 114 cm³/mol. The van der Waals surface area contributed by atoms with Gasteiger partial charge in [-0.3, -0.25) is 10.1 Å². The molecule has 0 atom stereocenters. The van der Waals surface area contributed by atoms with Gasteiger partial charge in [-0.1, -0.05) is 41.9 Å². The van der Waals surface area contributed by atoms with E-state index in [4.69, 9.17) is 21.1 Å². The first-order valence-electron chi connectivity index (χ1n) is 9.17. The lowest BCUT2D eigenvalue weighted by molar-refractivity contribution is -0.384. The lowest BCUT2D eigenvalue weighted by atomic mass is 10.2. The summed E-state index contributed by atoms with van der Waals surface area (Å²) in [4.78, 5) is 10.5. The minimum atomic E-state index is -0.413. The van der Waals surface area contributed by atoms with Gasteiger partial charge < -0.3 is 14.8 Å². The van der Waals surface area contributed by atoms with Crippen LogP contribution in [0.5, 0.6) is 11.5 Å². The molecule has 0 spiro atoms. The van der Waals surface area contributed by atoms with E-state index in [-0.39, 0.29) is 5.69 Å². The molecule has 0 bridgehead atoms. The second-order valence-electron chi connectivity index (χ2n) is 6.26. The van der Waals surface area contributed by atoms with Crippen molar-refractivity contribution < 1.29 is 14.4 Å². The minimum absolute atomic E-state index is 0.0494. The maximum Gasteiger partial charge on any atom is 0.271 e. The third-order valence-corrected chi connectivity index (χ3v) is 4.57. The van der Waals surface area contributed by atoms with E-state index in [0.29, 0.717) is 42.0 Å². The Bertz CT molecular complexity index is 994. The number of non-ortho nitro benzene ring substituents is 1. The number of nitro benzene ring substituents is 1. The van der Waals surface area contributed by atoms with Crippen molar-refractivity contribution in [2.45, 2.75) is 20.1 Å². The summed E-state index contributed by atoms with van der Waals surface area (Å²) in [6, 6.07) is 19.6. The van der Waals surface area contributed by atoms with E-state index in [1.165, 1.54) is 12.1 Å². The molecule has 7 heteroatoms. The fraction of sp³-hybridized carbons (Fsp3) is 0.182. The van der Waals surface area contributed by atoms with Crippen molar-refractivity contribution in [2.75, 3.05) is 11.9 Å². The van der Waals surface area contributed by atoms with Crippen LogP contribution in [0.15, 0.2) is 66.7 Å². The number of nitro groups is 1. The van der Waals surface area contributed by atoms with Gasteiger partial charge in [0.25, 0.3) is 5.69 Å². The molecule has 0 aliphatic carbocycles. The zero-order valence-corrected chi connectivity index (χ0v) is 16.7. The van der Waals surface area contributed by atoms with Gasteiger partial charge in [0.15, 0.2) is 11.5 Å². The molecule has 0 saturated carbocycles. The second kappa shape index (κ2) is 9.80. The molecule has 0 saturated heterocycles. The molecule has 0 radical (unpaired) electrons. The average molecular weight is 413 g/mol. The fourth-order valence-corrected chi connectivity index (χ4v) is 2.94. The van der Waals surface area contributed by atoms with Crippen LogP contribution in [0.4, 0.5) is 11.4 Å². The molecule has 150 valence electrons. The Balaban J connectivity index is 1.69. The van der Waals surface area contributed by atoms with Crippen LogP contribution < -0.4 is 14.8 Å². The summed E-state index contributed by atoms with van der Waals surface area (Å²) in [5.74, 6) is 1.27. The van der Waals surface area contributed by atoms with Crippen LogP contribution in [0.2, 0.25) is 5.02 Å². The molecule has 0 aliphatic heterocycles. The van der Waals surface area contributed by atoms with E-state index in [1.807, 2.05) is 49.4 Å². The van der Waals surface area contributed by atoms with Crippen LogP contribution in [0.1, 0.15) is 18.1 Å². The van der Waals surface area contributed by atoms with Gasteiger partial charge >= 0.3 is 0 Å². The predicted octanol–water partition coefficient (Wildman–Crippen LogP) is 5.84. The fourth-order valence-electron chi connectivity index (χ4n) is 2.75. The maximum absolute atomic E-state index is 10.9. The van der Waals surface area contributed by atoms with Crippen LogP contribution in [0.3, 0.4) is 0 Å². The van der Waals surface area contributed by atoms with Crippen molar-refractivity contribution in [3.05, 3.63) is 93.0 Å². The molecule has 0 unspecified atom stereocenters. The van der Waals surface area contributed by atoms with Crippen molar-refractivity contribution in [1.82, 2.24) is 0 Å². The van der Waals surface area contributed by atoms with Crippen molar-refractivity contribution >= 4 is 23.0 Å². The highest BCUT2D eigenvalue weighted by Crippen LogP contribution is 2.30. The first-order chi connectivity index (χ1) is 14.1. The molecule has 29 heavy (non-hydrogen) atoms. The largest absolute Gasteiger partial charge is 0.490 e. The van der Waals surface area contributed by atoms with Gasteiger partial charge in [0.05, 0.1) is 11.5 Å². The molecule has 3 rings (SSSR count). The molecule has 1 N–H and O–H groups in total. The molecule has 0 aliphatic rings. The van der Waals surface area contributed by atoms with E-state index in [9.17, 15) is 10.1 Å². The lowest BCUT2D eigenvalue weighted by Crippen LogP contribution is -2.03. The van der Waals surface area contributed by atoms with E-state index in [1.54, 1.807) is 12.1 Å².